The minimum atomic E-state index is -0.470. The van der Waals surface area contributed by atoms with Crippen molar-refractivity contribution in [2.75, 3.05) is 12.4 Å². The second kappa shape index (κ2) is 6.61. The molecule has 0 fully saturated rings. The van der Waals surface area contributed by atoms with E-state index >= 15 is 0 Å². The average Bonchev–Trinajstić information content (AvgIpc) is 2.63. The number of rotatable bonds is 4. The highest BCUT2D eigenvalue weighted by Gasteiger charge is 2.07. The summed E-state index contributed by atoms with van der Waals surface area (Å²) in [6.07, 6.45) is 7.80. The normalized spacial score (nSPS) is 10.1. The molecule has 0 aliphatic heterocycles. The number of nitrogens with zero attached hydrogens (tertiary/aromatic N) is 4. The van der Waals surface area contributed by atoms with Gasteiger partial charge in [-0.3, -0.25) is 0 Å². The second-order valence-corrected chi connectivity index (χ2v) is 4.62. The minimum absolute atomic E-state index is 0.299. The van der Waals surface area contributed by atoms with Gasteiger partial charge in [-0.1, -0.05) is 12.1 Å². The molecule has 7 heteroatoms. The van der Waals surface area contributed by atoms with Crippen molar-refractivity contribution in [3.63, 3.8) is 0 Å². The number of benzene rings is 1. The number of anilines is 2. The van der Waals surface area contributed by atoms with Crippen LogP contribution in [0.2, 0.25) is 0 Å². The van der Waals surface area contributed by atoms with E-state index in [4.69, 9.17) is 0 Å². The van der Waals surface area contributed by atoms with Crippen LogP contribution in [-0.4, -0.2) is 33.0 Å². The molecule has 1 N–H and O–H groups in total. The standard InChI is InChI=1S/C16H13N5O2/c1-23-15(22)13-8-19-16(20-9-13)21-14-4-2-3-11(5-14)12-6-17-10-18-7-12/h2-10H,1H3,(H,19,20,21). The van der Waals surface area contributed by atoms with Gasteiger partial charge in [0, 0.05) is 36.0 Å². The monoisotopic (exact) mass is 307 g/mol. The van der Waals surface area contributed by atoms with E-state index in [9.17, 15) is 4.79 Å². The van der Waals surface area contributed by atoms with Gasteiger partial charge >= 0.3 is 5.97 Å². The summed E-state index contributed by atoms with van der Waals surface area (Å²) in [5, 5.41) is 3.08. The third-order valence-electron chi connectivity index (χ3n) is 3.09. The number of carbonyl (C=O) groups is 1. The molecule has 114 valence electrons. The molecule has 0 aliphatic rings. The maximum absolute atomic E-state index is 11.4. The van der Waals surface area contributed by atoms with Gasteiger partial charge in [0.2, 0.25) is 5.95 Å². The van der Waals surface area contributed by atoms with Crippen molar-refractivity contribution in [2.24, 2.45) is 0 Å². The predicted octanol–water partition coefficient (Wildman–Crippen LogP) is 2.46. The number of hydrogen-bond donors (Lipinski definition) is 1. The van der Waals surface area contributed by atoms with Crippen LogP contribution in [0.3, 0.4) is 0 Å². The molecule has 1 aromatic carbocycles. The van der Waals surface area contributed by atoms with E-state index in [1.807, 2.05) is 24.3 Å². The Kier molecular flexibility index (Phi) is 4.19. The molecule has 2 heterocycles. The number of esters is 1. The van der Waals surface area contributed by atoms with Gasteiger partial charge < -0.3 is 10.1 Å². The molecule has 0 spiro atoms. The van der Waals surface area contributed by atoms with Crippen LogP contribution in [0.5, 0.6) is 0 Å². The van der Waals surface area contributed by atoms with E-state index in [2.05, 4.69) is 30.0 Å². The molecular formula is C16H13N5O2. The average molecular weight is 307 g/mol. The van der Waals surface area contributed by atoms with Crippen LogP contribution in [0.1, 0.15) is 10.4 Å². The molecule has 0 unspecified atom stereocenters. The first-order valence-electron chi connectivity index (χ1n) is 6.79. The molecule has 23 heavy (non-hydrogen) atoms. The Balaban J connectivity index is 1.79. The minimum Gasteiger partial charge on any atom is -0.465 e. The van der Waals surface area contributed by atoms with Crippen molar-refractivity contribution in [1.82, 2.24) is 19.9 Å². The lowest BCUT2D eigenvalue weighted by molar-refractivity contribution is 0.0600. The molecule has 0 radical (unpaired) electrons. The Morgan fingerprint density at radius 1 is 1.04 bits per heavy atom. The summed E-state index contributed by atoms with van der Waals surface area (Å²) >= 11 is 0. The first-order chi connectivity index (χ1) is 11.3. The van der Waals surface area contributed by atoms with Gasteiger partial charge in [-0.2, -0.15) is 0 Å². The van der Waals surface area contributed by atoms with Crippen LogP contribution in [0.25, 0.3) is 11.1 Å². The van der Waals surface area contributed by atoms with E-state index in [0.717, 1.165) is 16.8 Å². The van der Waals surface area contributed by atoms with Crippen LogP contribution in [0, 0.1) is 0 Å². The highest BCUT2D eigenvalue weighted by atomic mass is 16.5. The third-order valence-corrected chi connectivity index (χ3v) is 3.09. The number of ether oxygens (including phenoxy) is 1. The van der Waals surface area contributed by atoms with E-state index in [1.165, 1.54) is 25.8 Å². The SMILES string of the molecule is COC(=O)c1cnc(Nc2cccc(-c3cncnc3)c2)nc1. The second-order valence-electron chi connectivity index (χ2n) is 4.62. The van der Waals surface area contributed by atoms with Gasteiger partial charge in [-0.25, -0.2) is 24.7 Å². The summed E-state index contributed by atoms with van der Waals surface area (Å²) in [4.78, 5) is 27.6. The summed E-state index contributed by atoms with van der Waals surface area (Å²) in [6, 6.07) is 7.71. The molecule has 0 atom stereocenters. The smallest absolute Gasteiger partial charge is 0.341 e. The number of nitrogens with one attached hydrogen (secondary N) is 1. The number of aromatic nitrogens is 4. The maximum Gasteiger partial charge on any atom is 0.341 e. The molecule has 3 aromatic rings. The Morgan fingerprint density at radius 3 is 2.48 bits per heavy atom. The molecular weight excluding hydrogens is 294 g/mol. The van der Waals surface area contributed by atoms with Gasteiger partial charge in [0.05, 0.1) is 12.7 Å². The lowest BCUT2D eigenvalue weighted by Gasteiger charge is -2.07. The zero-order chi connectivity index (χ0) is 16.1. The lowest BCUT2D eigenvalue weighted by atomic mass is 10.1. The van der Waals surface area contributed by atoms with Crippen LogP contribution in [0.15, 0.2) is 55.4 Å². The predicted molar refractivity (Wildman–Crippen MR) is 84.1 cm³/mol. The molecule has 0 saturated carbocycles. The van der Waals surface area contributed by atoms with E-state index < -0.39 is 5.97 Å². The highest BCUT2D eigenvalue weighted by Crippen LogP contribution is 2.22. The van der Waals surface area contributed by atoms with Crippen LogP contribution in [0.4, 0.5) is 11.6 Å². The fourth-order valence-electron chi connectivity index (χ4n) is 1.97. The summed E-state index contributed by atoms with van der Waals surface area (Å²) in [6.45, 7) is 0. The summed E-state index contributed by atoms with van der Waals surface area (Å²) in [7, 11) is 1.31. The van der Waals surface area contributed by atoms with Gasteiger partial charge in [0.25, 0.3) is 0 Å². The van der Waals surface area contributed by atoms with Gasteiger partial charge in [-0.15, -0.1) is 0 Å². The Bertz CT molecular complexity index is 806. The van der Waals surface area contributed by atoms with Gasteiger partial charge in [-0.05, 0) is 17.7 Å². The molecule has 0 aliphatic carbocycles. The number of carbonyl (C=O) groups excluding carboxylic acids is 1. The third kappa shape index (κ3) is 3.46. The quantitative estimate of drug-likeness (QED) is 0.740. The molecule has 0 amide bonds. The van der Waals surface area contributed by atoms with Crippen molar-refractivity contribution in [3.05, 3.63) is 60.9 Å². The van der Waals surface area contributed by atoms with E-state index in [-0.39, 0.29) is 0 Å². The first-order valence-corrected chi connectivity index (χ1v) is 6.79. The topological polar surface area (TPSA) is 89.9 Å². The zero-order valence-electron chi connectivity index (χ0n) is 12.3. The van der Waals surface area contributed by atoms with Crippen LogP contribution >= 0.6 is 0 Å². The highest BCUT2D eigenvalue weighted by molar-refractivity contribution is 5.88. The zero-order valence-corrected chi connectivity index (χ0v) is 12.3. The Morgan fingerprint density at radius 2 is 1.78 bits per heavy atom. The van der Waals surface area contributed by atoms with Gasteiger partial charge in [0.15, 0.2) is 0 Å². The van der Waals surface area contributed by atoms with Crippen molar-refractivity contribution in [1.29, 1.82) is 0 Å². The largest absolute Gasteiger partial charge is 0.465 e. The Labute approximate surface area is 132 Å². The fraction of sp³-hybridized carbons (Fsp3) is 0.0625. The summed E-state index contributed by atoms with van der Waals surface area (Å²) < 4.78 is 4.61. The molecule has 7 nitrogen and oxygen atoms in total. The van der Waals surface area contributed by atoms with Crippen molar-refractivity contribution >= 4 is 17.6 Å². The summed E-state index contributed by atoms with van der Waals surface area (Å²) in [5.74, 6) is -0.0817. The van der Waals surface area contributed by atoms with Gasteiger partial charge in [0.1, 0.15) is 6.33 Å². The molecule has 0 saturated heterocycles. The lowest BCUT2D eigenvalue weighted by Crippen LogP contribution is -2.04. The fourth-order valence-corrected chi connectivity index (χ4v) is 1.97. The summed E-state index contributed by atoms with van der Waals surface area (Å²) in [5.41, 5.74) is 3.00. The Hall–Kier alpha value is -3.35. The van der Waals surface area contributed by atoms with Crippen molar-refractivity contribution in [3.8, 4) is 11.1 Å². The van der Waals surface area contributed by atoms with Crippen LogP contribution < -0.4 is 5.32 Å². The number of hydrogen-bond acceptors (Lipinski definition) is 7. The molecule has 2 aromatic heterocycles. The van der Waals surface area contributed by atoms with Crippen molar-refractivity contribution in [2.45, 2.75) is 0 Å². The maximum atomic E-state index is 11.4. The van der Waals surface area contributed by atoms with Crippen LogP contribution in [-0.2, 0) is 4.74 Å². The van der Waals surface area contributed by atoms with E-state index in [0.29, 0.717) is 11.5 Å². The van der Waals surface area contributed by atoms with Crippen molar-refractivity contribution < 1.29 is 9.53 Å². The molecule has 3 rings (SSSR count). The van der Waals surface area contributed by atoms with E-state index in [1.54, 1.807) is 12.4 Å². The first kappa shape index (κ1) is 14.6. The molecule has 0 bridgehead atoms. The number of methoxy groups -OCH3 is 1.